The molecule has 0 aliphatic heterocycles. The highest BCUT2D eigenvalue weighted by molar-refractivity contribution is 6.15. The predicted octanol–water partition coefficient (Wildman–Crippen LogP) is 20.6. The molecule has 0 fully saturated rings. The number of anilines is 2. The van der Waals surface area contributed by atoms with E-state index in [1.165, 1.54) is 0 Å². The minimum Gasteiger partial charge on any atom is -0.353 e. The fraction of sp³-hybridized carbons (Fsp3) is 0.0519. The van der Waals surface area contributed by atoms with Gasteiger partial charge in [-0.2, -0.15) is 5.26 Å². The molecule has 2 aromatic heterocycles. The molecule has 11 aromatic carbocycles. The summed E-state index contributed by atoms with van der Waals surface area (Å²) in [6.07, 6.45) is 12.9. The van der Waals surface area contributed by atoms with Gasteiger partial charge in [0, 0.05) is 33.2 Å². The van der Waals surface area contributed by atoms with Crippen molar-refractivity contribution in [3.8, 4) is 73.1 Å². The Hall–Kier alpha value is -10.5. The molecule has 0 bridgehead atoms. The summed E-state index contributed by atoms with van der Waals surface area (Å²) in [6, 6.07) is 94.3. The summed E-state index contributed by atoms with van der Waals surface area (Å²) in [6.45, 7) is 4.50. The lowest BCUT2D eigenvalue weighted by Gasteiger charge is -2.26. The molecule has 4 heteroatoms. The summed E-state index contributed by atoms with van der Waals surface area (Å²) < 4.78 is 4.85. The molecule has 1 N–H and O–H groups in total. The van der Waals surface area contributed by atoms with Gasteiger partial charge in [0.1, 0.15) is 0 Å². The molecule has 2 heterocycles. The summed E-state index contributed by atoms with van der Waals surface area (Å²) in [5.41, 5.74) is 20.8. The summed E-state index contributed by atoms with van der Waals surface area (Å²) in [5, 5.41) is 20.0. The van der Waals surface area contributed by atoms with E-state index < -0.39 is 0 Å². The third-order valence-corrected chi connectivity index (χ3v) is 16.4. The lowest BCUT2D eigenvalue weighted by molar-refractivity contribution is 0.559. The zero-order chi connectivity index (χ0) is 54.2. The van der Waals surface area contributed by atoms with Crippen molar-refractivity contribution in [3.63, 3.8) is 0 Å². The number of nitrogens with one attached hydrogen (secondary N) is 1. The van der Waals surface area contributed by atoms with Gasteiger partial charge in [0.25, 0.3) is 0 Å². The number of benzene rings is 11. The number of fused-ring (bicyclic) bond motifs is 6. The first kappa shape index (κ1) is 48.9. The Morgan fingerprint density at radius 2 is 0.852 bits per heavy atom. The molecule has 0 radical (unpaired) electrons. The normalized spacial score (nSPS) is 13.4. The molecule has 2 atom stereocenters. The Kier molecular flexibility index (Phi) is 12.7. The molecule has 1 aliphatic rings. The zero-order valence-electron chi connectivity index (χ0n) is 44.8. The summed E-state index contributed by atoms with van der Waals surface area (Å²) in [5.74, 6) is 0.366. The molecule has 0 saturated heterocycles. The van der Waals surface area contributed by atoms with Crippen LogP contribution in [0.1, 0.15) is 29.9 Å². The van der Waals surface area contributed by atoms with Gasteiger partial charge in [-0.25, -0.2) is 0 Å². The van der Waals surface area contributed by atoms with E-state index in [0.29, 0.717) is 11.5 Å². The van der Waals surface area contributed by atoms with Gasteiger partial charge in [0.05, 0.1) is 50.8 Å². The van der Waals surface area contributed by atoms with Crippen molar-refractivity contribution in [2.45, 2.75) is 18.8 Å². The van der Waals surface area contributed by atoms with Crippen molar-refractivity contribution >= 4 is 55.0 Å². The van der Waals surface area contributed by atoms with E-state index in [4.69, 9.17) is 0 Å². The van der Waals surface area contributed by atoms with Crippen LogP contribution in [0.4, 0.5) is 11.4 Å². The van der Waals surface area contributed by atoms with E-state index in [1.54, 1.807) is 0 Å². The molecule has 384 valence electrons. The lowest BCUT2D eigenvalue weighted by Crippen LogP contribution is -2.10. The Bertz CT molecular complexity index is 4420. The van der Waals surface area contributed by atoms with Gasteiger partial charge >= 0.3 is 0 Å². The van der Waals surface area contributed by atoms with Crippen molar-refractivity contribution in [1.29, 1.82) is 5.26 Å². The largest absolute Gasteiger partial charge is 0.353 e. The Labute approximate surface area is 472 Å². The maximum Gasteiger partial charge on any atom is 0.0993 e. The Morgan fingerprint density at radius 3 is 1.25 bits per heavy atom. The second kappa shape index (κ2) is 21.1. The van der Waals surface area contributed by atoms with Crippen LogP contribution in [0.25, 0.3) is 111 Å². The van der Waals surface area contributed by atoms with E-state index in [-0.39, 0.29) is 5.92 Å². The second-order valence-corrected chi connectivity index (χ2v) is 21.2. The van der Waals surface area contributed by atoms with Crippen LogP contribution in [0, 0.1) is 17.2 Å². The van der Waals surface area contributed by atoms with Crippen molar-refractivity contribution in [2.75, 3.05) is 5.32 Å². The highest BCUT2D eigenvalue weighted by atomic mass is 15.1. The molecule has 4 nitrogen and oxygen atoms in total. The average molecular weight is 1040 g/mol. The third-order valence-electron chi connectivity index (χ3n) is 16.4. The van der Waals surface area contributed by atoms with E-state index in [9.17, 15) is 5.26 Å². The van der Waals surface area contributed by atoms with Crippen LogP contribution in [0.15, 0.2) is 292 Å². The molecule has 0 spiro atoms. The van der Waals surface area contributed by atoms with Crippen LogP contribution < -0.4 is 5.32 Å². The summed E-state index contributed by atoms with van der Waals surface area (Å²) in [7, 11) is 0. The molecule has 13 aromatic rings. The Morgan fingerprint density at radius 1 is 0.444 bits per heavy atom. The molecule has 14 rings (SSSR count). The van der Waals surface area contributed by atoms with Crippen LogP contribution in [-0.2, 0) is 0 Å². The second-order valence-electron chi connectivity index (χ2n) is 21.2. The molecule has 2 unspecified atom stereocenters. The molecular formula is C77H56N4. The van der Waals surface area contributed by atoms with Crippen LogP contribution in [-0.4, -0.2) is 9.13 Å². The quantitative estimate of drug-likeness (QED) is 0.117. The average Bonchev–Trinajstić information content (AvgIpc) is 3.01. The first-order chi connectivity index (χ1) is 40.1. The van der Waals surface area contributed by atoms with Crippen LogP contribution >= 0.6 is 0 Å². The highest BCUT2D eigenvalue weighted by Crippen LogP contribution is 2.46. The number of nitriles is 1. The number of hydrogen-bond donors (Lipinski definition) is 1. The van der Waals surface area contributed by atoms with Crippen molar-refractivity contribution < 1.29 is 0 Å². The Balaban J connectivity index is 1.08. The van der Waals surface area contributed by atoms with Crippen LogP contribution in [0.5, 0.6) is 0 Å². The predicted molar refractivity (Wildman–Crippen MR) is 341 cm³/mol. The molecule has 0 amide bonds. The fourth-order valence-corrected chi connectivity index (χ4v) is 12.4. The standard InChI is InChI=1S/C77H56N4/c1-2-54(43-52-21-9-3-10-22-52)65-46-60(55-23-11-4-12-24-55)33-38-70(65)79-71-44-53(51-78)45-76(80-72-39-34-61(56-25-13-5-14-26-56)47-66(72)67-48-62(35-40-73(67)80)57-27-15-6-16-28-57)77(71)81-74-41-36-63(58-29-17-7-18-30-58)49-68(74)69-50-64(37-42-75(69)81)59-31-19-8-20-32-59/h2-21,23-42,44-50,52,54,79H,1,22,43H2. The maximum atomic E-state index is 11.4. The first-order valence-corrected chi connectivity index (χ1v) is 28.0. The van der Waals surface area contributed by atoms with E-state index in [0.717, 1.165) is 140 Å². The highest BCUT2D eigenvalue weighted by Gasteiger charge is 2.27. The molecular weight excluding hydrogens is 981 g/mol. The van der Waals surface area contributed by atoms with E-state index in [1.807, 2.05) is 0 Å². The van der Waals surface area contributed by atoms with Crippen LogP contribution in [0.3, 0.4) is 0 Å². The van der Waals surface area contributed by atoms with E-state index in [2.05, 4.69) is 312 Å². The van der Waals surface area contributed by atoms with Gasteiger partial charge in [-0.3, -0.25) is 0 Å². The van der Waals surface area contributed by atoms with Crippen LogP contribution in [0.2, 0.25) is 0 Å². The fourth-order valence-electron chi connectivity index (χ4n) is 12.4. The SMILES string of the molecule is C=CC(CC1C=CC=CC1)c1cc(-c2ccccc2)ccc1Nc1cc(C#N)cc(-n2c3ccc(-c4ccccc4)cc3c3cc(-c4ccccc4)ccc32)c1-n1c2ccc(-c3ccccc3)cc2c2cc(-c3ccccc3)ccc21. The van der Waals surface area contributed by atoms with E-state index >= 15 is 0 Å². The van der Waals surface area contributed by atoms with Crippen molar-refractivity contribution in [3.05, 3.63) is 303 Å². The monoisotopic (exact) mass is 1040 g/mol. The lowest BCUT2D eigenvalue weighted by atomic mass is 9.84. The zero-order valence-corrected chi connectivity index (χ0v) is 44.8. The number of allylic oxidation sites excluding steroid dienone is 5. The number of aromatic nitrogens is 2. The smallest absolute Gasteiger partial charge is 0.0993 e. The summed E-state index contributed by atoms with van der Waals surface area (Å²) >= 11 is 0. The molecule has 0 saturated carbocycles. The van der Waals surface area contributed by atoms with Gasteiger partial charge in [-0.1, -0.05) is 212 Å². The number of nitrogens with zero attached hydrogens (tertiary/aromatic N) is 3. The topological polar surface area (TPSA) is 45.7 Å². The van der Waals surface area contributed by atoms with Gasteiger partial charge in [-0.15, -0.1) is 6.58 Å². The van der Waals surface area contributed by atoms with Gasteiger partial charge in [-0.05, 0) is 153 Å². The molecule has 1 aliphatic carbocycles. The first-order valence-electron chi connectivity index (χ1n) is 28.0. The minimum atomic E-state index is 0.00962. The third kappa shape index (κ3) is 9.11. The van der Waals surface area contributed by atoms with Crippen molar-refractivity contribution in [1.82, 2.24) is 9.13 Å². The number of hydrogen-bond acceptors (Lipinski definition) is 2. The molecule has 81 heavy (non-hydrogen) atoms. The minimum absolute atomic E-state index is 0.00962. The van der Waals surface area contributed by atoms with Gasteiger partial charge < -0.3 is 14.5 Å². The maximum absolute atomic E-state index is 11.4. The van der Waals surface area contributed by atoms with Gasteiger partial charge in [0.15, 0.2) is 0 Å². The number of rotatable bonds is 13. The van der Waals surface area contributed by atoms with Gasteiger partial charge in [0.2, 0.25) is 0 Å². The summed E-state index contributed by atoms with van der Waals surface area (Å²) in [4.78, 5) is 0. The van der Waals surface area contributed by atoms with Crippen molar-refractivity contribution in [2.24, 2.45) is 5.92 Å².